The zero-order chi connectivity index (χ0) is 18.4. The number of aryl methyl sites for hydroxylation is 1. The third-order valence-corrected chi connectivity index (χ3v) is 6.91. The van der Waals surface area contributed by atoms with Crippen molar-refractivity contribution in [2.75, 3.05) is 26.7 Å². The monoisotopic (exact) mass is 356 g/mol. The SMILES string of the molecule is CCCc1ccc(CC2CCCC2N2CCC(CC)C2)cc1CCNC. The average Bonchev–Trinajstić information content (AvgIpc) is 3.30. The smallest absolute Gasteiger partial charge is 0.0127 e. The summed E-state index contributed by atoms with van der Waals surface area (Å²) in [5, 5.41) is 3.33. The van der Waals surface area contributed by atoms with E-state index in [9.17, 15) is 0 Å². The van der Waals surface area contributed by atoms with Gasteiger partial charge in [-0.1, -0.05) is 51.3 Å². The minimum atomic E-state index is 0.850. The molecule has 2 nitrogen and oxygen atoms in total. The molecule has 3 unspecified atom stereocenters. The number of nitrogens with zero attached hydrogens (tertiary/aromatic N) is 1. The molecular weight excluding hydrogens is 316 g/mol. The fourth-order valence-electron chi connectivity index (χ4n) is 5.35. The number of likely N-dealkylation sites (N-methyl/N-ethyl adjacent to an activating group) is 1. The summed E-state index contributed by atoms with van der Waals surface area (Å²) < 4.78 is 0. The van der Waals surface area contributed by atoms with Crippen LogP contribution in [0.3, 0.4) is 0 Å². The quantitative estimate of drug-likeness (QED) is 0.681. The molecule has 0 bridgehead atoms. The van der Waals surface area contributed by atoms with Gasteiger partial charge in [0.25, 0.3) is 0 Å². The molecule has 3 atom stereocenters. The van der Waals surface area contributed by atoms with Crippen LogP contribution < -0.4 is 5.32 Å². The van der Waals surface area contributed by atoms with E-state index in [-0.39, 0.29) is 0 Å². The third-order valence-electron chi connectivity index (χ3n) is 6.91. The molecule has 1 aliphatic heterocycles. The van der Waals surface area contributed by atoms with Crippen LogP contribution in [0.5, 0.6) is 0 Å². The molecule has 2 aliphatic rings. The van der Waals surface area contributed by atoms with Gasteiger partial charge in [-0.2, -0.15) is 0 Å². The average molecular weight is 357 g/mol. The molecule has 1 heterocycles. The predicted octanol–water partition coefficient (Wildman–Crippen LogP) is 4.84. The van der Waals surface area contributed by atoms with Crippen molar-refractivity contribution in [2.45, 2.75) is 77.7 Å². The van der Waals surface area contributed by atoms with E-state index in [2.05, 4.69) is 49.3 Å². The Morgan fingerprint density at radius 2 is 1.96 bits per heavy atom. The van der Waals surface area contributed by atoms with Crippen LogP contribution in [-0.2, 0) is 19.3 Å². The summed E-state index contributed by atoms with van der Waals surface area (Å²) in [7, 11) is 2.06. The molecular formula is C24H40N2. The molecule has 0 spiro atoms. The molecule has 0 aromatic heterocycles. The highest BCUT2D eigenvalue weighted by Crippen LogP contribution is 2.36. The second kappa shape index (κ2) is 9.90. The first kappa shape index (κ1) is 19.9. The highest BCUT2D eigenvalue weighted by atomic mass is 15.2. The lowest BCUT2D eigenvalue weighted by Gasteiger charge is -2.30. The Bertz CT molecular complexity index is 553. The number of benzene rings is 1. The van der Waals surface area contributed by atoms with Crippen LogP contribution in [-0.4, -0.2) is 37.6 Å². The first-order valence-electron chi connectivity index (χ1n) is 11.2. The predicted molar refractivity (Wildman–Crippen MR) is 113 cm³/mol. The maximum absolute atomic E-state index is 3.33. The van der Waals surface area contributed by atoms with Gasteiger partial charge in [0, 0.05) is 12.6 Å². The number of nitrogens with one attached hydrogen (secondary N) is 1. The lowest BCUT2D eigenvalue weighted by molar-refractivity contribution is 0.189. The van der Waals surface area contributed by atoms with Gasteiger partial charge in [-0.05, 0) is 87.2 Å². The summed E-state index contributed by atoms with van der Waals surface area (Å²) in [4.78, 5) is 2.85. The van der Waals surface area contributed by atoms with Crippen molar-refractivity contribution in [3.05, 3.63) is 34.9 Å². The Balaban J connectivity index is 1.67. The highest BCUT2D eigenvalue weighted by Gasteiger charge is 2.35. The van der Waals surface area contributed by atoms with Gasteiger partial charge in [0.05, 0.1) is 0 Å². The van der Waals surface area contributed by atoms with Crippen LogP contribution in [0.25, 0.3) is 0 Å². The maximum atomic E-state index is 3.33. The van der Waals surface area contributed by atoms with Gasteiger partial charge in [0.2, 0.25) is 0 Å². The molecule has 1 saturated carbocycles. The zero-order valence-corrected chi connectivity index (χ0v) is 17.4. The van der Waals surface area contributed by atoms with Crippen LogP contribution in [0.15, 0.2) is 18.2 Å². The Hall–Kier alpha value is -0.860. The number of hydrogen-bond donors (Lipinski definition) is 1. The maximum Gasteiger partial charge on any atom is 0.0127 e. The molecule has 2 fully saturated rings. The Labute approximate surface area is 161 Å². The van der Waals surface area contributed by atoms with Crippen molar-refractivity contribution in [1.29, 1.82) is 0 Å². The second-order valence-electron chi connectivity index (χ2n) is 8.73. The number of likely N-dealkylation sites (tertiary alicyclic amines) is 1. The molecule has 2 heteroatoms. The van der Waals surface area contributed by atoms with Gasteiger partial charge in [0.1, 0.15) is 0 Å². The van der Waals surface area contributed by atoms with Crippen LogP contribution in [0.2, 0.25) is 0 Å². The van der Waals surface area contributed by atoms with E-state index < -0.39 is 0 Å². The fraction of sp³-hybridized carbons (Fsp3) is 0.750. The van der Waals surface area contributed by atoms with Gasteiger partial charge >= 0.3 is 0 Å². The van der Waals surface area contributed by atoms with E-state index in [1.54, 1.807) is 16.7 Å². The van der Waals surface area contributed by atoms with Gasteiger partial charge in [-0.15, -0.1) is 0 Å². The molecule has 0 amide bonds. The van der Waals surface area contributed by atoms with Gasteiger partial charge in [-0.25, -0.2) is 0 Å². The summed E-state index contributed by atoms with van der Waals surface area (Å²) in [5.41, 5.74) is 4.74. The first-order chi connectivity index (χ1) is 12.7. The molecule has 0 radical (unpaired) electrons. The van der Waals surface area contributed by atoms with Gasteiger partial charge < -0.3 is 5.32 Å². The van der Waals surface area contributed by atoms with Crippen LogP contribution in [0.1, 0.15) is 69.1 Å². The van der Waals surface area contributed by atoms with E-state index in [1.165, 1.54) is 64.5 Å². The molecule has 1 saturated heterocycles. The largest absolute Gasteiger partial charge is 0.319 e. The molecule has 1 aromatic carbocycles. The van der Waals surface area contributed by atoms with E-state index >= 15 is 0 Å². The molecule has 1 N–H and O–H groups in total. The summed E-state index contributed by atoms with van der Waals surface area (Å²) in [6.45, 7) is 8.45. The third kappa shape index (κ3) is 4.89. The minimum Gasteiger partial charge on any atom is -0.319 e. The molecule has 3 rings (SSSR count). The Kier molecular flexibility index (Phi) is 7.57. The summed E-state index contributed by atoms with van der Waals surface area (Å²) >= 11 is 0. The highest BCUT2D eigenvalue weighted by molar-refractivity contribution is 5.33. The van der Waals surface area contributed by atoms with Crippen LogP contribution >= 0.6 is 0 Å². The molecule has 146 valence electrons. The van der Waals surface area contributed by atoms with Crippen LogP contribution in [0.4, 0.5) is 0 Å². The lowest BCUT2D eigenvalue weighted by Crippen LogP contribution is -2.37. The van der Waals surface area contributed by atoms with E-state index in [0.29, 0.717) is 0 Å². The van der Waals surface area contributed by atoms with Crippen LogP contribution in [0, 0.1) is 11.8 Å². The van der Waals surface area contributed by atoms with Crippen molar-refractivity contribution in [1.82, 2.24) is 10.2 Å². The van der Waals surface area contributed by atoms with E-state index in [4.69, 9.17) is 0 Å². The summed E-state index contributed by atoms with van der Waals surface area (Å²) in [6.07, 6.45) is 12.0. The Morgan fingerprint density at radius 1 is 1.08 bits per heavy atom. The van der Waals surface area contributed by atoms with Crippen molar-refractivity contribution in [3.63, 3.8) is 0 Å². The van der Waals surface area contributed by atoms with Gasteiger partial charge in [0.15, 0.2) is 0 Å². The summed E-state index contributed by atoms with van der Waals surface area (Å²) in [6, 6.07) is 8.25. The first-order valence-corrected chi connectivity index (χ1v) is 11.2. The van der Waals surface area contributed by atoms with Crippen molar-refractivity contribution < 1.29 is 0 Å². The zero-order valence-electron chi connectivity index (χ0n) is 17.4. The van der Waals surface area contributed by atoms with Crippen molar-refractivity contribution in [3.8, 4) is 0 Å². The lowest BCUT2D eigenvalue weighted by atomic mass is 9.90. The van der Waals surface area contributed by atoms with E-state index in [0.717, 1.165) is 30.8 Å². The van der Waals surface area contributed by atoms with Gasteiger partial charge in [-0.3, -0.25) is 4.90 Å². The molecule has 1 aliphatic carbocycles. The Morgan fingerprint density at radius 3 is 2.69 bits per heavy atom. The second-order valence-corrected chi connectivity index (χ2v) is 8.73. The number of rotatable bonds is 9. The minimum absolute atomic E-state index is 0.850. The van der Waals surface area contributed by atoms with Crippen molar-refractivity contribution >= 4 is 0 Å². The van der Waals surface area contributed by atoms with E-state index in [1.807, 2.05) is 0 Å². The summed E-state index contributed by atoms with van der Waals surface area (Å²) in [5.74, 6) is 1.83. The molecule has 1 aromatic rings. The normalized spacial score (nSPS) is 26.7. The molecule has 26 heavy (non-hydrogen) atoms. The fourth-order valence-corrected chi connectivity index (χ4v) is 5.35. The number of hydrogen-bond acceptors (Lipinski definition) is 2. The topological polar surface area (TPSA) is 15.3 Å². The standard InChI is InChI=1S/C24H40N2/c1-4-7-21-11-10-20(16-22(21)12-14-25-3)17-23-8-6-9-24(23)26-15-13-19(5-2)18-26/h10-11,16,19,23-25H,4-9,12-15,17-18H2,1-3H3. The van der Waals surface area contributed by atoms with Crippen molar-refractivity contribution in [2.24, 2.45) is 11.8 Å².